The number of hydrogen-bond acceptors (Lipinski definition) is 5. The van der Waals surface area contributed by atoms with Gasteiger partial charge in [0.15, 0.2) is 0 Å². The summed E-state index contributed by atoms with van der Waals surface area (Å²) in [6.45, 7) is 3.49. The van der Waals surface area contributed by atoms with E-state index in [9.17, 15) is 24.8 Å². The molecule has 1 heterocycles. The fourth-order valence-electron chi connectivity index (χ4n) is 3.43. The van der Waals surface area contributed by atoms with Crippen molar-refractivity contribution in [1.29, 1.82) is 0 Å². The van der Waals surface area contributed by atoms with Gasteiger partial charge >= 0.3 is 11.7 Å². The molecule has 1 aliphatic rings. The minimum atomic E-state index is -0.870. The van der Waals surface area contributed by atoms with Crippen molar-refractivity contribution < 1.29 is 19.6 Å². The van der Waals surface area contributed by atoms with Crippen LogP contribution in [0.3, 0.4) is 0 Å². The van der Waals surface area contributed by atoms with E-state index in [1.165, 1.54) is 4.68 Å². The van der Waals surface area contributed by atoms with Crippen molar-refractivity contribution in [2.75, 3.05) is 6.54 Å². The van der Waals surface area contributed by atoms with Crippen LogP contribution >= 0.6 is 0 Å². The zero-order valence-corrected chi connectivity index (χ0v) is 14.6. The lowest BCUT2D eigenvalue weighted by atomic mass is 9.74. The van der Waals surface area contributed by atoms with E-state index < -0.39 is 16.3 Å². The summed E-state index contributed by atoms with van der Waals surface area (Å²) in [4.78, 5) is 34.2. The molecule has 2 N–H and O–H groups in total. The molecule has 25 heavy (non-hydrogen) atoms. The highest BCUT2D eigenvalue weighted by molar-refractivity contribution is 5.79. The van der Waals surface area contributed by atoms with Gasteiger partial charge in [-0.05, 0) is 26.7 Å². The van der Waals surface area contributed by atoms with E-state index in [0.717, 1.165) is 19.3 Å². The highest BCUT2D eigenvalue weighted by atomic mass is 16.6. The number of aliphatic carboxylic acids is 1. The molecular formula is C16H24N4O5. The van der Waals surface area contributed by atoms with Gasteiger partial charge in [-0.15, -0.1) is 0 Å². The molecule has 0 radical (unpaired) electrons. The summed E-state index contributed by atoms with van der Waals surface area (Å²) >= 11 is 0. The summed E-state index contributed by atoms with van der Waals surface area (Å²) in [6, 6.07) is 0. The molecule has 0 bridgehead atoms. The number of carboxylic acids is 1. The first-order valence-corrected chi connectivity index (χ1v) is 8.45. The maximum Gasteiger partial charge on any atom is 0.312 e. The van der Waals surface area contributed by atoms with E-state index in [2.05, 4.69) is 10.4 Å². The Morgan fingerprint density at radius 3 is 2.48 bits per heavy atom. The van der Waals surface area contributed by atoms with Gasteiger partial charge in [0.05, 0.1) is 16.9 Å². The smallest absolute Gasteiger partial charge is 0.312 e. The number of amides is 1. The molecule has 1 aromatic heterocycles. The first kappa shape index (κ1) is 18.9. The van der Waals surface area contributed by atoms with Crippen LogP contribution in [0.5, 0.6) is 0 Å². The van der Waals surface area contributed by atoms with Gasteiger partial charge in [0.1, 0.15) is 11.4 Å². The number of aryl methyl sites for hydroxylation is 2. The first-order valence-electron chi connectivity index (χ1n) is 8.45. The van der Waals surface area contributed by atoms with E-state index in [1.807, 2.05) is 0 Å². The number of carboxylic acid groups (broad SMARTS) is 1. The number of nitro groups is 1. The van der Waals surface area contributed by atoms with Gasteiger partial charge in [-0.3, -0.25) is 24.4 Å². The molecule has 2 rings (SSSR count). The van der Waals surface area contributed by atoms with Gasteiger partial charge in [0.25, 0.3) is 0 Å². The Kier molecular flexibility index (Phi) is 5.76. The third-order valence-corrected chi connectivity index (χ3v) is 4.96. The maximum absolute atomic E-state index is 12.1. The summed E-state index contributed by atoms with van der Waals surface area (Å²) in [7, 11) is 0. The number of rotatable bonds is 7. The second-order valence-electron chi connectivity index (χ2n) is 6.67. The van der Waals surface area contributed by atoms with E-state index in [-0.39, 0.29) is 31.1 Å². The molecular weight excluding hydrogens is 328 g/mol. The summed E-state index contributed by atoms with van der Waals surface area (Å²) in [5.74, 6) is -1.14. The molecule has 0 unspecified atom stereocenters. The number of nitrogens with zero attached hydrogens (tertiary/aromatic N) is 3. The lowest BCUT2D eigenvalue weighted by molar-refractivity contribution is -0.386. The maximum atomic E-state index is 12.1. The average Bonchev–Trinajstić information content (AvgIpc) is 2.85. The highest BCUT2D eigenvalue weighted by Crippen LogP contribution is 2.36. The summed E-state index contributed by atoms with van der Waals surface area (Å²) in [6.07, 6.45) is 3.99. The van der Waals surface area contributed by atoms with E-state index in [4.69, 9.17) is 0 Å². The van der Waals surface area contributed by atoms with Gasteiger partial charge in [0.2, 0.25) is 5.91 Å². The van der Waals surface area contributed by atoms with Gasteiger partial charge in [-0.25, -0.2) is 0 Å². The molecule has 0 atom stereocenters. The number of carbonyl (C=O) groups excluding carboxylic acids is 1. The molecule has 1 aromatic rings. The fraction of sp³-hybridized carbons (Fsp3) is 0.688. The van der Waals surface area contributed by atoms with Crippen molar-refractivity contribution in [1.82, 2.24) is 15.1 Å². The number of aromatic nitrogens is 2. The average molecular weight is 352 g/mol. The summed E-state index contributed by atoms with van der Waals surface area (Å²) in [5, 5.41) is 27.3. The second-order valence-corrected chi connectivity index (χ2v) is 6.67. The highest BCUT2D eigenvalue weighted by Gasteiger charge is 2.39. The van der Waals surface area contributed by atoms with E-state index >= 15 is 0 Å². The SMILES string of the molecule is Cc1nn(CCC(=O)NCC2(C(=O)O)CCCCC2)c(C)c1[N+](=O)[O-]. The topological polar surface area (TPSA) is 127 Å². The third kappa shape index (κ3) is 4.15. The molecule has 0 aromatic carbocycles. The largest absolute Gasteiger partial charge is 0.481 e. The lowest BCUT2D eigenvalue weighted by Crippen LogP contribution is -2.44. The van der Waals surface area contributed by atoms with Crippen LogP contribution in [0.1, 0.15) is 49.9 Å². The monoisotopic (exact) mass is 352 g/mol. The standard InChI is InChI=1S/C16H24N4O5/c1-11-14(20(24)25)12(2)19(18-11)9-6-13(21)17-10-16(15(22)23)7-4-3-5-8-16/h3-10H2,1-2H3,(H,17,21)(H,22,23). The van der Waals surface area contributed by atoms with Crippen molar-refractivity contribution in [2.45, 2.75) is 58.9 Å². The van der Waals surface area contributed by atoms with Crippen LogP contribution in [0.2, 0.25) is 0 Å². The Balaban J connectivity index is 1.92. The van der Waals surface area contributed by atoms with Crippen molar-refractivity contribution in [3.8, 4) is 0 Å². The normalized spacial score (nSPS) is 16.4. The third-order valence-electron chi connectivity index (χ3n) is 4.96. The number of carbonyl (C=O) groups is 2. The molecule has 0 spiro atoms. The van der Waals surface area contributed by atoms with E-state index in [0.29, 0.717) is 24.2 Å². The molecule has 1 amide bonds. The predicted molar refractivity (Wildman–Crippen MR) is 89.1 cm³/mol. The Morgan fingerprint density at radius 1 is 1.32 bits per heavy atom. The zero-order valence-electron chi connectivity index (χ0n) is 14.6. The van der Waals surface area contributed by atoms with Crippen LogP contribution in [-0.4, -0.2) is 38.2 Å². The predicted octanol–water partition coefficient (Wildman–Crippen LogP) is 1.95. The van der Waals surface area contributed by atoms with Gasteiger partial charge in [-0.1, -0.05) is 19.3 Å². The summed E-state index contributed by atoms with van der Waals surface area (Å²) < 4.78 is 1.45. The van der Waals surface area contributed by atoms with Crippen molar-refractivity contribution in [2.24, 2.45) is 5.41 Å². The van der Waals surface area contributed by atoms with Gasteiger partial charge < -0.3 is 10.4 Å². The quantitative estimate of drug-likeness (QED) is 0.570. The van der Waals surface area contributed by atoms with Crippen molar-refractivity contribution >= 4 is 17.6 Å². The molecule has 0 aliphatic heterocycles. The minimum absolute atomic E-state index is 0.0348. The van der Waals surface area contributed by atoms with Crippen LogP contribution in [-0.2, 0) is 16.1 Å². The Morgan fingerprint density at radius 2 is 1.96 bits per heavy atom. The molecule has 9 heteroatoms. The Bertz CT molecular complexity index is 676. The summed E-state index contributed by atoms with van der Waals surface area (Å²) in [5.41, 5.74) is -0.183. The van der Waals surface area contributed by atoms with E-state index in [1.54, 1.807) is 13.8 Å². The lowest BCUT2D eigenvalue weighted by Gasteiger charge is -2.33. The van der Waals surface area contributed by atoms with Gasteiger partial charge in [-0.2, -0.15) is 5.10 Å². The minimum Gasteiger partial charge on any atom is -0.481 e. The van der Waals surface area contributed by atoms with Crippen LogP contribution in [0.15, 0.2) is 0 Å². The molecule has 138 valence electrons. The van der Waals surface area contributed by atoms with Crippen LogP contribution in [0.25, 0.3) is 0 Å². The second kappa shape index (κ2) is 7.62. The van der Waals surface area contributed by atoms with Crippen molar-refractivity contribution in [3.05, 3.63) is 21.5 Å². The van der Waals surface area contributed by atoms with Crippen LogP contribution in [0, 0.1) is 29.4 Å². The molecule has 1 fully saturated rings. The fourth-order valence-corrected chi connectivity index (χ4v) is 3.43. The molecule has 1 aliphatic carbocycles. The number of nitrogens with one attached hydrogen (secondary N) is 1. The van der Waals surface area contributed by atoms with Crippen LogP contribution in [0.4, 0.5) is 5.69 Å². The molecule has 0 saturated heterocycles. The molecule has 1 saturated carbocycles. The van der Waals surface area contributed by atoms with Crippen LogP contribution < -0.4 is 5.32 Å². The van der Waals surface area contributed by atoms with Gasteiger partial charge in [0, 0.05) is 13.0 Å². The molecule has 9 nitrogen and oxygen atoms in total. The first-order chi connectivity index (χ1) is 11.8. The Labute approximate surface area is 145 Å². The number of hydrogen-bond donors (Lipinski definition) is 2. The zero-order chi connectivity index (χ0) is 18.6. The Hall–Kier alpha value is -2.45. The van der Waals surface area contributed by atoms with Crippen molar-refractivity contribution in [3.63, 3.8) is 0 Å².